The molecule has 0 aliphatic carbocycles. The van der Waals surface area contributed by atoms with Crippen LogP contribution in [0.25, 0.3) is 0 Å². The third kappa shape index (κ3) is 6.74. The van der Waals surface area contributed by atoms with Crippen molar-refractivity contribution >= 4 is 5.97 Å². The topological polar surface area (TPSA) is 44.8 Å². The average molecular weight is 394 g/mol. The summed E-state index contributed by atoms with van der Waals surface area (Å²) in [5, 5.41) is 0. The van der Waals surface area contributed by atoms with Crippen LogP contribution in [0, 0.1) is 0 Å². The molecule has 4 nitrogen and oxygen atoms in total. The molecule has 2 aromatic rings. The largest absolute Gasteiger partial charge is 0.523 e. The van der Waals surface area contributed by atoms with Crippen LogP contribution in [0.15, 0.2) is 60.9 Å². The fourth-order valence-electron chi connectivity index (χ4n) is 2.36. The summed E-state index contributed by atoms with van der Waals surface area (Å²) < 4.78 is 52.0. The Morgan fingerprint density at radius 1 is 1.00 bits per heavy atom. The molecule has 0 saturated heterocycles. The van der Waals surface area contributed by atoms with Crippen molar-refractivity contribution in [2.75, 3.05) is 0 Å². The maximum atomic E-state index is 12.4. The summed E-state index contributed by atoms with van der Waals surface area (Å²) in [4.78, 5) is 12.2. The van der Waals surface area contributed by atoms with Gasteiger partial charge in [-0.3, -0.25) is 4.74 Å². The molecule has 2 rings (SSSR count). The zero-order valence-corrected chi connectivity index (χ0v) is 15.5. The van der Waals surface area contributed by atoms with Crippen LogP contribution < -0.4 is 9.47 Å². The number of carbonyl (C=O) groups is 1. The Kier molecular flexibility index (Phi) is 7.63. The fraction of sp³-hybridized carbons (Fsp3) is 0.286. The van der Waals surface area contributed by atoms with E-state index in [9.17, 15) is 18.0 Å². The minimum Gasteiger partial charge on any atom is -0.465 e. The maximum absolute atomic E-state index is 12.4. The predicted octanol–water partition coefficient (Wildman–Crippen LogP) is 6.20. The summed E-state index contributed by atoms with van der Waals surface area (Å²) in [7, 11) is 0. The molecule has 1 unspecified atom stereocenters. The summed E-state index contributed by atoms with van der Waals surface area (Å²) in [5.41, 5.74) is 0.670. The van der Waals surface area contributed by atoms with Gasteiger partial charge in [-0.1, -0.05) is 26.0 Å². The zero-order valence-electron chi connectivity index (χ0n) is 15.5. The first kappa shape index (κ1) is 21.5. The van der Waals surface area contributed by atoms with Crippen molar-refractivity contribution in [2.45, 2.75) is 39.2 Å². The van der Waals surface area contributed by atoms with Gasteiger partial charge in [0.15, 0.2) is 0 Å². The van der Waals surface area contributed by atoms with Crippen LogP contribution in [-0.4, -0.2) is 12.3 Å². The van der Waals surface area contributed by atoms with Crippen molar-refractivity contribution in [1.82, 2.24) is 0 Å². The van der Waals surface area contributed by atoms with E-state index in [4.69, 9.17) is 9.47 Å². The molecule has 0 aliphatic rings. The number of hydrogen-bond acceptors (Lipinski definition) is 4. The molecule has 1 atom stereocenters. The van der Waals surface area contributed by atoms with Crippen LogP contribution >= 0.6 is 0 Å². The van der Waals surface area contributed by atoms with E-state index in [0.717, 1.165) is 6.42 Å². The minimum absolute atomic E-state index is 0.153. The Hall–Kier alpha value is -2.80. The first-order valence-corrected chi connectivity index (χ1v) is 8.80. The van der Waals surface area contributed by atoms with E-state index >= 15 is 0 Å². The van der Waals surface area contributed by atoms with Crippen molar-refractivity contribution in [1.29, 1.82) is 0 Å². The van der Waals surface area contributed by atoms with Gasteiger partial charge in [0.05, 0.1) is 17.9 Å². The van der Waals surface area contributed by atoms with Crippen LogP contribution in [0.5, 0.6) is 11.5 Å². The van der Waals surface area contributed by atoms with Gasteiger partial charge < -0.3 is 9.47 Å². The molecule has 2 aromatic carbocycles. The van der Waals surface area contributed by atoms with Gasteiger partial charge in [-0.25, -0.2) is 4.79 Å². The molecule has 0 heterocycles. The van der Waals surface area contributed by atoms with E-state index in [2.05, 4.69) is 4.74 Å². The highest BCUT2D eigenvalue weighted by Gasteiger charge is 2.33. The van der Waals surface area contributed by atoms with Gasteiger partial charge >= 0.3 is 12.3 Å². The Balaban J connectivity index is 1.99. The second-order valence-corrected chi connectivity index (χ2v) is 5.84. The van der Waals surface area contributed by atoms with Crippen molar-refractivity contribution in [2.24, 2.45) is 0 Å². The van der Waals surface area contributed by atoms with E-state index in [-0.39, 0.29) is 12.2 Å². The lowest BCUT2D eigenvalue weighted by Gasteiger charge is -2.18. The lowest BCUT2D eigenvalue weighted by atomic mass is 10.1. The van der Waals surface area contributed by atoms with Crippen LogP contribution in [0.2, 0.25) is 0 Å². The monoisotopic (exact) mass is 394 g/mol. The van der Waals surface area contributed by atoms with Gasteiger partial charge in [0.2, 0.25) is 0 Å². The molecule has 0 spiro atoms. The highest BCUT2D eigenvalue weighted by atomic mass is 19.4. The lowest BCUT2D eigenvalue weighted by Crippen LogP contribution is -2.17. The number of rotatable bonds is 8. The minimum atomic E-state index is -4.71. The molecule has 7 heteroatoms. The fourth-order valence-corrected chi connectivity index (χ4v) is 2.36. The summed E-state index contributed by atoms with van der Waals surface area (Å²) in [6.45, 7) is 3.58. The maximum Gasteiger partial charge on any atom is 0.523 e. The number of hydrogen-bond donors (Lipinski definition) is 0. The van der Waals surface area contributed by atoms with Crippen molar-refractivity contribution < 1.29 is 32.2 Å². The highest BCUT2D eigenvalue weighted by molar-refractivity contribution is 5.91. The molecule has 0 saturated carbocycles. The van der Waals surface area contributed by atoms with Gasteiger partial charge in [0.25, 0.3) is 0 Å². The molecule has 0 radical (unpaired) electrons. The van der Waals surface area contributed by atoms with E-state index in [0.29, 0.717) is 16.9 Å². The van der Waals surface area contributed by atoms with Crippen molar-refractivity contribution in [3.05, 3.63) is 72.0 Å². The number of halogens is 3. The molecule has 0 fully saturated rings. The molecule has 28 heavy (non-hydrogen) atoms. The number of alkyl halides is 3. The zero-order chi connectivity index (χ0) is 20.6. The summed E-state index contributed by atoms with van der Waals surface area (Å²) in [5.74, 6) is 0.227. The third-order valence-corrected chi connectivity index (χ3v) is 3.74. The van der Waals surface area contributed by atoms with Crippen LogP contribution in [0.1, 0.15) is 48.7 Å². The van der Waals surface area contributed by atoms with Gasteiger partial charge in [-0.05, 0) is 60.9 Å². The summed E-state index contributed by atoms with van der Waals surface area (Å²) >= 11 is 0. The second kappa shape index (κ2) is 9.94. The number of benzene rings is 2. The van der Waals surface area contributed by atoms with E-state index in [1.165, 1.54) is 24.3 Å². The third-order valence-electron chi connectivity index (χ3n) is 3.74. The van der Waals surface area contributed by atoms with Crippen LogP contribution in [0.4, 0.5) is 13.2 Å². The first-order chi connectivity index (χ1) is 13.3. The molecule has 0 N–H and O–H groups in total. The number of carbonyl (C=O) groups excluding carboxylic acids is 1. The SMILES string of the molecule is CC/C=C/Oc1ccc(C(=O)Oc2ccc(C(CC)OC(F)(F)F)cc2)cc1. The average Bonchev–Trinajstić information content (AvgIpc) is 2.67. The Morgan fingerprint density at radius 2 is 1.61 bits per heavy atom. The van der Waals surface area contributed by atoms with E-state index in [1.807, 2.05) is 13.0 Å². The second-order valence-electron chi connectivity index (χ2n) is 5.84. The van der Waals surface area contributed by atoms with Crippen molar-refractivity contribution in [3.63, 3.8) is 0 Å². The molecule has 0 aliphatic heterocycles. The number of allylic oxidation sites excluding steroid dienone is 1. The van der Waals surface area contributed by atoms with Crippen molar-refractivity contribution in [3.8, 4) is 11.5 Å². The van der Waals surface area contributed by atoms with Crippen LogP contribution in [-0.2, 0) is 4.74 Å². The summed E-state index contributed by atoms with van der Waals surface area (Å²) in [6.07, 6.45) is -1.40. The standard InChI is InChI=1S/C21H21F3O4/c1-3-5-14-26-17-10-8-16(9-11-17)20(25)27-18-12-6-15(7-13-18)19(4-2)28-21(22,23)24/h5-14,19H,3-4H2,1-2H3/b14-5+. The first-order valence-electron chi connectivity index (χ1n) is 8.80. The lowest BCUT2D eigenvalue weighted by molar-refractivity contribution is -0.345. The quantitative estimate of drug-likeness (QED) is 0.304. The Morgan fingerprint density at radius 3 is 2.14 bits per heavy atom. The predicted molar refractivity (Wildman–Crippen MR) is 98.1 cm³/mol. The van der Waals surface area contributed by atoms with Gasteiger partial charge in [0.1, 0.15) is 11.5 Å². The smallest absolute Gasteiger partial charge is 0.465 e. The number of ether oxygens (including phenoxy) is 3. The molecular weight excluding hydrogens is 373 g/mol. The number of esters is 1. The molecule has 0 amide bonds. The Labute approximate surface area is 161 Å². The van der Waals surface area contributed by atoms with Gasteiger partial charge in [-0.2, -0.15) is 0 Å². The van der Waals surface area contributed by atoms with Gasteiger partial charge in [0, 0.05) is 0 Å². The molecule has 0 aromatic heterocycles. The summed E-state index contributed by atoms with van der Waals surface area (Å²) in [6, 6.07) is 12.2. The molecule has 150 valence electrons. The van der Waals surface area contributed by atoms with E-state index in [1.54, 1.807) is 37.5 Å². The molecule has 0 bridgehead atoms. The Bertz CT molecular complexity index is 781. The van der Waals surface area contributed by atoms with Gasteiger partial charge in [-0.15, -0.1) is 13.2 Å². The van der Waals surface area contributed by atoms with Crippen LogP contribution in [0.3, 0.4) is 0 Å². The molecular formula is C21H21F3O4. The highest BCUT2D eigenvalue weighted by Crippen LogP contribution is 2.31. The normalized spacial score (nSPS) is 12.8. The van der Waals surface area contributed by atoms with E-state index < -0.39 is 18.4 Å².